The number of rotatable bonds is 3. The molecule has 16 heavy (non-hydrogen) atoms. The normalized spacial score (nSPS) is 10.7. The zero-order valence-corrected chi connectivity index (χ0v) is 8.80. The van der Waals surface area contributed by atoms with Crippen LogP contribution in [0.4, 0.5) is 8.78 Å². The topological polar surface area (TPSA) is 41.6 Å². The molecule has 84 valence electrons. The Morgan fingerprint density at radius 1 is 1.25 bits per heavy atom. The van der Waals surface area contributed by atoms with Crippen molar-refractivity contribution < 1.29 is 8.78 Å². The lowest BCUT2D eigenvalue weighted by atomic mass is 10.2. The Labute approximate surface area is 91.5 Å². The van der Waals surface area contributed by atoms with Gasteiger partial charge in [0, 0.05) is 6.42 Å². The highest BCUT2D eigenvalue weighted by Crippen LogP contribution is 2.22. The van der Waals surface area contributed by atoms with Gasteiger partial charge in [-0.2, -0.15) is 5.10 Å². The van der Waals surface area contributed by atoms with Crippen LogP contribution >= 0.6 is 0 Å². The predicted octanol–water partition coefficient (Wildman–Crippen LogP) is 2.70. The van der Waals surface area contributed by atoms with E-state index in [1.165, 1.54) is 18.2 Å². The molecule has 0 bridgehead atoms. The molecule has 1 N–H and O–H groups in total. The molecule has 0 amide bonds. The lowest BCUT2D eigenvalue weighted by Gasteiger charge is -1.98. The van der Waals surface area contributed by atoms with Crippen molar-refractivity contribution in [3.63, 3.8) is 0 Å². The Hall–Kier alpha value is -1.78. The minimum absolute atomic E-state index is 0.0686. The minimum Gasteiger partial charge on any atom is -0.263 e. The first kappa shape index (κ1) is 10.7. The number of aromatic nitrogens is 3. The number of hydrogen-bond donors (Lipinski definition) is 1. The highest BCUT2D eigenvalue weighted by molar-refractivity contribution is 5.56. The van der Waals surface area contributed by atoms with Crippen LogP contribution in [0.25, 0.3) is 11.4 Å². The molecule has 0 saturated heterocycles. The summed E-state index contributed by atoms with van der Waals surface area (Å²) >= 11 is 0. The fourth-order valence-electron chi connectivity index (χ4n) is 1.47. The molecule has 0 saturated carbocycles. The molecule has 0 aliphatic heterocycles. The Morgan fingerprint density at radius 2 is 1.94 bits per heavy atom. The number of nitrogens with one attached hydrogen (secondary N) is 1. The Kier molecular flexibility index (Phi) is 2.94. The van der Waals surface area contributed by atoms with Crippen molar-refractivity contribution in [2.45, 2.75) is 19.8 Å². The van der Waals surface area contributed by atoms with Crippen molar-refractivity contribution in [3.8, 4) is 11.4 Å². The van der Waals surface area contributed by atoms with E-state index >= 15 is 0 Å². The van der Waals surface area contributed by atoms with E-state index in [2.05, 4.69) is 15.2 Å². The fourth-order valence-corrected chi connectivity index (χ4v) is 1.47. The Morgan fingerprint density at radius 3 is 2.56 bits per heavy atom. The average molecular weight is 223 g/mol. The average Bonchev–Trinajstić information content (AvgIpc) is 2.67. The highest BCUT2D eigenvalue weighted by atomic mass is 19.1. The van der Waals surface area contributed by atoms with Gasteiger partial charge in [0.05, 0.1) is 5.56 Å². The summed E-state index contributed by atoms with van der Waals surface area (Å²) in [6.07, 6.45) is 1.61. The van der Waals surface area contributed by atoms with Crippen molar-refractivity contribution in [3.05, 3.63) is 35.7 Å². The van der Waals surface area contributed by atoms with Crippen LogP contribution in [0, 0.1) is 11.6 Å². The summed E-state index contributed by atoms with van der Waals surface area (Å²) in [5.74, 6) is -0.594. The SMILES string of the molecule is CCCc1nc(-c2c(F)cccc2F)n[nH]1. The fraction of sp³-hybridized carbons (Fsp3) is 0.273. The van der Waals surface area contributed by atoms with E-state index in [4.69, 9.17) is 0 Å². The van der Waals surface area contributed by atoms with E-state index in [0.29, 0.717) is 12.2 Å². The van der Waals surface area contributed by atoms with Crippen LogP contribution < -0.4 is 0 Å². The number of H-pyrrole nitrogens is 1. The third-order valence-electron chi connectivity index (χ3n) is 2.20. The van der Waals surface area contributed by atoms with Crippen molar-refractivity contribution in [2.24, 2.45) is 0 Å². The molecule has 0 unspecified atom stereocenters. The highest BCUT2D eigenvalue weighted by Gasteiger charge is 2.15. The second kappa shape index (κ2) is 4.38. The first-order valence-electron chi connectivity index (χ1n) is 5.08. The number of benzene rings is 1. The molecule has 1 heterocycles. The van der Waals surface area contributed by atoms with Crippen molar-refractivity contribution >= 4 is 0 Å². The quantitative estimate of drug-likeness (QED) is 0.869. The standard InChI is InChI=1S/C11H11F2N3/c1-2-4-9-14-11(16-15-9)10-7(12)5-3-6-8(10)13/h3,5-6H,2,4H2,1H3,(H,14,15,16). The van der Waals surface area contributed by atoms with Crippen LogP contribution in [0.15, 0.2) is 18.2 Å². The third kappa shape index (κ3) is 1.93. The van der Waals surface area contributed by atoms with Gasteiger partial charge in [0.15, 0.2) is 5.82 Å². The maximum absolute atomic E-state index is 13.4. The molecular weight excluding hydrogens is 212 g/mol. The van der Waals surface area contributed by atoms with Gasteiger partial charge in [-0.25, -0.2) is 13.8 Å². The van der Waals surface area contributed by atoms with Crippen LogP contribution in [0.5, 0.6) is 0 Å². The number of hydrogen-bond acceptors (Lipinski definition) is 2. The van der Waals surface area contributed by atoms with Gasteiger partial charge in [0.1, 0.15) is 17.5 Å². The summed E-state index contributed by atoms with van der Waals surface area (Å²) in [4.78, 5) is 4.05. The van der Waals surface area contributed by atoms with E-state index in [1.807, 2.05) is 6.92 Å². The van der Waals surface area contributed by atoms with Crippen molar-refractivity contribution in [1.82, 2.24) is 15.2 Å². The van der Waals surface area contributed by atoms with E-state index in [1.54, 1.807) is 0 Å². The van der Waals surface area contributed by atoms with Gasteiger partial charge in [0.25, 0.3) is 0 Å². The van der Waals surface area contributed by atoms with Gasteiger partial charge in [0.2, 0.25) is 0 Å². The van der Waals surface area contributed by atoms with E-state index in [9.17, 15) is 8.78 Å². The zero-order chi connectivity index (χ0) is 11.5. The lowest BCUT2D eigenvalue weighted by Crippen LogP contribution is -1.91. The van der Waals surface area contributed by atoms with Crippen LogP contribution in [0.1, 0.15) is 19.2 Å². The molecular formula is C11H11F2N3. The second-order valence-electron chi connectivity index (χ2n) is 3.45. The summed E-state index contributed by atoms with van der Waals surface area (Å²) in [6.45, 7) is 1.99. The van der Waals surface area contributed by atoms with Gasteiger partial charge in [-0.05, 0) is 18.6 Å². The van der Waals surface area contributed by atoms with E-state index in [-0.39, 0.29) is 11.4 Å². The molecule has 0 spiro atoms. The Balaban J connectivity index is 2.42. The summed E-state index contributed by atoms with van der Waals surface area (Å²) in [5, 5.41) is 6.48. The van der Waals surface area contributed by atoms with Gasteiger partial charge < -0.3 is 0 Å². The smallest absolute Gasteiger partial charge is 0.187 e. The minimum atomic E-state index is -0.651. The molecule has 0 aliphatic carbocycles. The monoisotopic (exact) mass is 223 g/mol. The first-order valence-corrected chi connectivity index (χ1v) is 5.08. The Bertz CT molecular complexity index is 473. The molecule has 1 aromatic heterocycles. The molecule has 5 heteroatoms. The van der Waals surface area contributed by atoms with Crippen LogP contribution in [-0.2, 0) is 6.42 Å². The predicted molar refractivity (Wildman–Crippen MR) is 55.7 cm³/mol. The number of aryl methyl sites for hydroxylation is 1. The molecule has 0 radical (unpaired) electrons. The van der Waals surface area contributed by atoms with E-state index in [0.717, 1.165) is 6.42 Å². The zero-order valence-electron chi connectivity index (χ0n) is 8.80. The van der Waals surface area contributed by atoms with Gasteiger partial charge >= 0.3 is 0 Å². The molecule has 3 nitrogen and oxygen atoms in total. The molecule has 2 rings (SSSR count). The second-order valence-corrected chi connectivity index (χ2v) is 3.45. The van der Waals surface area contributed by atoms with Gasteiger partial charge in [-0.3, -0.25) is 5.10 Å². The summed E-state index contributed by atoms with van der Waals surface area (Å²) < 4.78 is 26.8. The number of nitrogens with zero attached hydrogens (tertiary/aromatic N) is 2. The lowest BCUT2D eigenvalue weighted by molar-refractivity contribution is 0.587. The first-order chi connectivity index (χ1) is 7.72. The molecule has 1 aromatic carbocycles. The largest absolute Gasteiger partial charge is 0.263 e. The summed E-state index contributed by atoms with van der Waals surface area (Å²) in [7, 11) is 0. The summed E-state index contributed by atoms with van der Waals surface area (Å²) in [6, 6.07) is 3.69. The summed E-state index contributed by atoms with van der Waals surface area (Å²) in [5.41, 5.74) is -0.180. The van der Waals surface area contributed by atoms with E-state index < -0.39 is 11.6 Å². The molecule has 0 atom stereocenters. The maximum Gasteiger partial charge on any atom is 0.187 e. The van der Waals surface area contributed by atoms with Crippen LogP contribution in [0.2, 0.25) is 0 Å². The third-order valence-corrected chi connectivity index (χ3v) is 2.20. The maximum atomic E-state index is 13.4. The molecule has 0 fully saturated rings. The van der Waals surface area contributed by atoms with Crippen LogP contribution in [-0.4, -0.2) is 15.2 Å². The number of aromatic amines is 1. The van der Waals surface area contributed by atoms with Gasteiger partial charge in [-0.15, -0.1) is 0 Å². The van der Waals surface area contributed by atoms with Crippen molar-refractivity contribution in [1.29, 1.82) is 0 Å². The number of halogens is 2. The molecule has 2 aromatic rings. The molecule has 0 aliphatic rings. The van der Waals surface area contributed by atoms with Gasteiger partial charge in [-0.1, -0.05) is 13.0 Å². The van der Waals surface area contributed by atoms with Crippen molar-refractivity contribution in [2.75, 3.05) is 0 Å². The van der Waals surface area contributed by atoms with Crippen LogP contribution in [0.3, 0.4) is 0 Å².